The van der Waals surface area contributed by atoms with Crippen molar-refractivity contribution in [1.29, 1.82) is 0 Å². The number of carbonyl (C=O) groups excluding carboxylic acids is 2. The van der Waals surface area contributed by atoms with E-state index < -0.39 is 0 Å². The van der Waals surface area contributed by atoms with Crippen molar-refractivity contribution in [1.82, 2.24) is 0 Å². The molecule has 0 N–H and O–H groups in total. The average Bonchev–Trinajstić information content (AvgIpc) is 2.34. The second-order valence-electron chi connectivity index (χ2n) is 6.05. The zero-order valence-electron chi connectivity index (χ0n) is 13.2. The number of rotatable bonds is 13. The van der Waals surface area contributed by atoms with Gasteiger partial charge < -0.3 is 0 Å². The van der Waals surface area contributed by atoms with Gasteiger partial charge in [-0.1, -0.05) is 59.3 Å². The molecule has 19 heavy (non-hydrogen) atoms. The minimum absolute atomic E-state index is 0.239. The van der Waals surface area contributed by atoms with Crippen molar-refractivity contribution in [3.05, 3.63) is 0 Å². The zero-order valence-corrected chi connectivity index (χ0v) is 13.2. The van der Waals surface area contributed by atoms with Crippen molar-refractivity contribution in [2.45, 2.75) is 91.4 Å². The van der Waals surface area contributed by atoms with Crippen LogP contribution in [0.5, 0.6) is 0 Å². The standard InChI is InChI=1S/C17H32O2/c1-4-5-6-7-8-9-10-11-16(18)12-13-17(19)14-15(2)3/h15H,4-14H2,1-3H3. The lowest BCUT2D eigenvalue weighted by Crippen LogP contribution is -2.06. The van der Waals surface area contributed by atoms with Gasteiger partial charge in [0, 0.05) is 25.7 Å². The van der Waals surface area contributed by atoms with Crippen LogP contribution >= 0.6 is 0 Å². The molecule has 0 aliphatic rings. The van der Waals surface area contributed by atoms with Crippen LogP contribution in [0.15, 0.2) is 0 Å². The Labute approximate surface area is 119 Å². The van der Waals surface area contributed by atoms with Crippen molar-refractivity contribution in [3.8, 4) is 0 Å². The SMILES string of the molecule is CCCCCCCCCC(=O)CCC(=O)CC(C)C. The van der Waals surface area contributed by atoms with E-state index in [1.165, 1.54) is 32.1 Å². The van der Waals surface area contributed by atoms with Gasteiger partial charge >= 0.3 is 0 Å². The van der Waals surface area contributed by atoms with Gasteiger partial charge in [-0.15, -0.1) is 0 Å². The Morgan fingerprint density at radius 1 is 0.737 bits per heavy atom. The maximum absolute atomic E-state index is 11.6. The van der Waals surface area contributed by atoms with Crippen molar-refractivity contribution < 1.29 is 9.59 Å². The number of hydrogen-bond donors (Lipinski definition) is 0. The largest absolute Gasteiger partial charge is 0.300 e. The fraction of sp³-hybridized carbons (Fsp3) is 0.882. The fourth-order valence-corrected chi connectivity index (χ4v) is 2.24. The van der Waals surface area contributed by atoms with Crippen LogP contribution in [0.3, 0.4) is 0 Å². The first-order valence-electron chi connectivity index (χ1n) is 8.09. The van der Waals surface area contributed by atoms with Crippen molar-refractivity contribution in [2.24, 2.45) is 5.92 Å². The summed E-state index contributed by atoms with van der Waals surface area (Å²) in [5.41, 5.74) is 0. The van der Waals surface area contributed by atoms with E-state index in [1.54, 1.807) is 0 Å². The molecule has 112 valence electrons. The third-order valence-corrected chi connectivity index (χ3v) is 3.38. The summed E-state index contributed by atoms with van der Waals surface area (Å²) in [6, 6.07) is 0. The molecule has 0 saturated heterocycles. The van der Waals surface area contributed by atoms with Gasteiger partial charge in [-0.2, -0.15) is 0 Å². The predicted molar refractivity (Wildman–Crippen MR) is 81.3 cm³/mol. The maximum Gasteiger partial charge on any atom is 0.133 e. The van der Waals surface area contributed by atoms with Crippen LogP contribution < -0.4 is 0 Å². The lowest BCUT2D eigenvalue weighted by Gasteiger charge is -2.04. The van der Waals surface area contributed by atoms with E-state index in [9.17, 15) is 9.59 Å². The van der Waals surface area contributed by atoms with E-state index in [4.69, 9.17) is 0 Å². The van der Waals surface area contributed by atoms with Crippen molar-refractivity contribution in [2.75, 3.05) is 0 Å². The van der Waals surface area contributed by atoms with Gasteiger partial charge in [0.15, 0.2) is 0 Å². The highest BCUT2D eigenvalue weighted by atomic mass is 16.1. The molecule has 0 aromatic heterocycles. The number of Topliss-reactive ketones (excluding diaryl/α,β-unsaturated/α-hetero) is 2. The Morgan fingerprint density at radius 2 is 1.26 bits per heavy atom. The van der Waals surface area contributed by atoms with Crippen LogP contribution in [0.2, 0.25) is 0 Å². The summed E-state index contributed by atoms with van der Waals surface area (Å²) in [5, 5.41) is 0. The van der Waals surface area contributed by atoms with Crippen molar-refractivity contribution in [3.63, 3.8) is 0 Å². The molecule has 0 aromatic rings. The Morgan fingerprint density at radius 3 is 1.84 bits per heavy atom. The summed E-state index contributed by atoms with van der Waals surface area (Å²) in [5.74, 6) is 0.916. The topological polar surface area (TPSA) is 34.1 Å². The molecular formula is C17H32O2. The molecule has 2 heteroatoms. The summed E-state index contributed by atoms with van der Waals surface area (Å²) in [4.78, 5) is 23.1. The molecule has 0 bridgehead atoms. The molecule has 0 aromatic carbocycles. The van der Waals surface area contributed by atoms with Crippen LogP contribution in [0, 0.1) is 5.92 Å². The molecule has 0 radical (unpaired) electrons. The Hall–Kier alpha value is -0.660. The second kappa shape index (κ2) is 12.4. The summed E-state index contributed by atoms with van der Waals surface area (Å²) in [7, 11) is 0. The van der Waals surface area contributed by atoms with Gasteiger partial charge in [0.1, 0.15) is 11.6 Å². The summed E-state index contributed by atoms with van der Waals surface area (Å²) in [6.07, 6.45) is 10.9. The molecule has 0 heterocycles. The van der Waals surface area contributed by atoms with Gasteiger partial charge in [0.2, 0.25) is 0 Å². The van der Waals surface area contributed by atoms with E-state index in [0.717, 1.165) is 12.8 Å². The Kier molecular flexibility index (Phi) is 11.9. The van der Waals surface area contributed by atoms with Gasteiger partial charge in [0.25, 0.3) is 0 Å². The first kappa shape index (κ1) is 18.3. The van der Waals surface area contributed by atoms with Gasteiger partial charge in [0.05, 0.1) is 0 Å². The zero-order chi connectivity index (χ0) is 14.5. The van der Waals surface area contributed by atoms with Crippen LogP contribution in [-0.4, -0.2) is 11.6 Å². The quantitative estimate of drug-likeness (QED) is 0.436. The van der Waals surface area contributed by atoms with Crippen LogP contribution in [0.4, 0.5) is 0 Å². The normalized spacial score (nSPS) is 10.9. The molecule has 0 spiro atoms. The fourth-order valence-electron chi connectivity index (χ4n) is 2.24. The van der Waals surface area contributed by atoms with E-state index >= 15 is 0 Å². The molecule has 0 amide bonds. The molecule has 0 fully saturated rings. The highest BCUT2D eigenvalue weighted by Crippen LogP contribution is 2.11. The van der Waals surface area contributed by atoms with E-state index in [1.807, 2.05) is 13.8 Å². The third-order valence-electron chi connectivity index (χ3n) is 3.38. The first-order chi connectivity index (χ1) is 9.06. The highest BCUT2D eigenvalue weighted by Gasteiger charge is 2.08. The lowest BCUT2D eigenvalue weighted by atomic mass is 10.0. The number of carbonyl (C=O) groups is 2. The molecule has 0 atom stereocenters. The third kappa shape index (κ3) is 13.6. The molecule has 0 rings (SSSR count). The number of unbranched alkanes of at least 4 members (excludes halogenated alkanes) is 6. The minimum atomic E-state index is 0.239. The Bertz CT molecular complexity index is 244. The van der Waals surface area contributed by atoms with E-state index in [2.05, 4.69) is 6.92 Å². The molecule has 0 aliphatic heterocycles. The minimum Gasteiger partial charge on any atom is -0.300 e. The molecular weight excluding hydrogens is 236 g/mol. The number of ketones is 2. The van der Waals surface area contributed by atoms with E-state index in [0.29, 0.717) is 31.6 Å². The van der Waals surface area contributed by atoms with E-state index in [-0.39, 0.29) is 11.6 Å². The summed E-state index contributed by atoms with van der Waals surface area (Å²) in [6.45, 7) is 6.30. The summed E-state index contributed by atoms with van der Waals surface area (Å²) >= 11 is 0. The average molecular weight is 268 g/mol. The summed E-state index contributed by atoms with van der Waals surface area (Å²) < 4.78 is 0. The number of hydrogen-bond acceptors (Lipinski definition) is 2. The predicted octanol–water partition coefficient (Wildman–Crippen LogP) is 5.09. The van der Waals surface area contributed by atoms with Gasteiger partial charge in [-0.05, 0) is 12.3 Å². The molecule has 0 unspecified atom stereocenters. The first-order valence-corrected chi connectivity index (χ1v) is 8.09. The molecule has 0 aliphatic carbocycles. The van der Waals surface area contributed by atoms with Crippen molar-refractivity contribution >= 4 is 11.6 Å². The molecule has 0 saturated carbocycles. The highest BCUT2D eigenvalue weighted by molar-refractivity contribution is 5.86. The monoisotopic (exact) mass is 268 g/mol. The van der Waals surface area contributed by atoms with Crippen LogP contribution in [0.25, 0.3) is 0 Å². The van der Waals surface area contributed by atoms with Gasteiger partial charge in [-0.3, -0.25) is 9.59 Å². The molecule has 2 nitrogen and oxygen atoms in total. The van der Waals surface area contributed by atoms with Crippen LogP contribution in [-0.2, 0) is 9.59 Å². The van der Waals surface area contributed by atoms with Crippen LogP contribution in [0.1, 0.15) is 91.4 Å². The maximum atomic E-state index is 11.6. The lowest BCUT2D eigenvalue weighted by molar-refractivity contribution is -0.124. The second-order valence-corrected chi connectivity index (χ2v) is 6.05. The van der Waals surface area contributed by atoms with Gasteiger partial charge in [-0.25, -0.2) is 0 Å². The Balaban J connectivity index is 3.37. The smallest absolute Gasteiger partial charge is 0.133 e.